The standard InChI is InChI=1S/C53H33N/c1-4-17-40-35(12-1)15-9-22-43(40)51-45-20-7-8-21-46(45)52(44-23-10-16-36-13-2-5-18-41(36)44)50-32-38(29-30-47(50)51)34-25-27-37(28-26-34)49-33-39-14-3-6-19-42(39)53-48(49)24-11-31-54-53/h1-33H. The number of aromatic nitrogens is 1. The van der Waals surface area contributed by atoms with Crippen LogP contribution >= 0.6 is 0 Å². The third-order valence-corrected chi connectivity index (χ3v) is 11.3. The third-order valence-electron chi connectivity index (χ3n) is 11.3. The largest absolute Gasteiger partial charge is 0.256 e. The first-order chi connectivity index (χ1) is 26.8. The Hall–Kier alpha value is -7.09. The number of pyridine rings is 1. The minimum atomic E-state index is 1.04. The fourth-order valence-corrected chi connectivity index (χ4v) is 8.82. The van der Waals surface area contributed by atoms with Crippen LogP contribution in [0, 0.1) is 0 Å². The molecular weight excluding hydrogens is 651 g/mol. The molecule has 250 valence electrons. The van der Waals surface area contributed by atoms with E-state index < -0.39 is 0 Å². The molecule has 1 heterocycles. The van der Waals surface area contributed by atoms with Crippen LogP contribution in [0.2, 0.25) is 0 Å². The smallest absolute Gasteiger partial charge is 0.0786 e. The van der Waals surface area contributed by atoms with Crippen molar-refractivity contribution in [3.63, 3.8) is 0 Å². The van der Waals surface area contributed by atoms with Crippen LogP contribution in [0.3, 0.4) is 0 Å². The summed E-state index contributed by atoms with van der Waals surface area (Å²) < 4.78 is 0. The fraction of sp³-hybridized carbons (Fsp3) is 0. The second-order valence-corrected chi connectivity index (χ2v) is 14.2. The molecule has 10 aromatic carbocycles. The lowest BCUT2D eigenvalue weighted by Crippen LogP contribution is -1.93. The summed E-state index contributed by atoms with van der Waals surface area (Å²) in [4.78, 5) is 4.81. The molecule has 0 N–H and O–H groups in total. The van der Waals surface area contributed by atoms with Gasteiger partial charge in [-0.1, -0.05) is 176 Å². The lowest BCUT2D eigenvalue weighted by atomic mass is 9.83. The van der Waals surface area contributed by atoms with Crippen molar-refractivity contribution in [1.82, 2.24) is 4.98 Å². The zero-order valence-corrected chi connectivity index (χ0v) is 29.5. The molecule has 0 bridgehead atoms. The Morgan fingerprint density at radius 2 is 0.741 bits per heavy atom. The number of fused-ring (bicyclic) bond motifs is 7. The van der Waals surface area contributed by atoms with Crippen molar-refractivity contribution in [1.29, 1.82) is 0 Å². The molecule has 1 heteroatoms. The zero-order chi connectivity index (χ0) is 35.6. The van der Waals surface area contributed by atoms with Crippen molar-refractivity contribution >= 4 is 64.8 Å². The molecule has 0 aliphatic carbocycles. The Morgan fingerprint density at radius 1 is 0.259 bits per heavy atom. The molecule has 0 atom stereocenters. The molecule has 0 aliphatic heterocycles. The Morgan fingerprint density at radius 3 is 1.41 bits per heavy atom. The van der Waals surface area contributed by atoms with Crippen molar-refractivity contribution in [3.05, 3.63) is 200 Å². The minimum Gasteiger partial charge on any atom is -0.256 e. The normalized spacial score (nSPS) is 11.7. The maximum absolute atomic E-state index is 4.81. The zero-order valence-electron chi connectivity index (χ0n) is 29.5. The molecule has 11 aromatic rings. The summed E-state index contributed by atoms with van der Waals surface area (Å²) in [5.74, 6) is 0. The molecule has 11 rings (SSSR count). The van der Waals surface area contributed by atoms with Crippen LogP contribution in [0.15, 0.2) is 200 Å². The van der Waals surface area contributed by atoms with Gasteiger partial charge in [-0.2, -0.15) is 0 Å². The summed E-state index contributed by atoms with van der Waals surface area (Å²) in [6, 6.07) is 71.2. The van der Waals surface area contributed by atoms with Gasteiger partial charge in [0.05, 0.1) is 5.52 Å². The van der Waals surface area contributed by atoms with Gasteiger partial charge in [-0.15, -0.1) is 0 Å². The van der Waals surface area contributed by atoms with Crippen LogP contribution in [0.4, 0.5) is 0 Å². The summed E-state index contributed by atoms with van der Waals surface area (Å²) in [6.45, 7) is 0. The highest BCUT2D eigenvalue weighted by Gasteiger charge is 2.20. The first kappa shape index (κ1) is 30.5. The summed E-state index contributed by atoms with van der Waals surface area (Å²) >= 11 is 0. The Labute approximate surface area is 313 Å². The maximum atomic E-state index is 4.81. The second kappa shape index (κ2) is 12.3. The highest BCUT2D eigenvalue weighted by Crippen LogP contribution is 2.47. The number of nitrogens with zero attached hydrogens (tertiary/aromatic N) is 1. The molecule has 1 nitrogen and oxygen atoms in total. The molecule has 0 aliphatic rings. The van der Waals surface area contributed by atoms with E-state index in [1.54, 1.807) is 0 Å². The monoisotopic (exact) mass is 683 g/mol. The van der Waals surface area contributed by atoms with Gasteiger partial charge >= 0.3 is 0 Å². The van der Waals surface area contributed by atoms with E-state index in [0.717, 1.165) is 5.52 Å². The van der Waals surface area contributed by atoms with Crippen molar-refractivity contribution in [2.45, 2.75) is 0 Å². The van der Waals surface area contributed by atoms with Crippen molar-refractivity contribution < 1.29 is 0 Å². The summed E-state index contributed by atoms with van der Waals surface area (Å²) in [7, 11) is 0. The third kappa shape index (κ3) is 4.76. The van der Waals surface area contributed by atoms with Crippen LogP contribution in [-0.4, -0.2) is 4.98 Å². The molecule has 0 saturated heterocycles. The average molecular weight is 684 g/mol. The van der Waals surface area contributed by atoms with Gasteiger partial charge in [0.15, 0.2) is 0 Å². The second-order valence-electron chi connectivity index (χ2n) is 14.2. The van der Waals surface area contributed by atoms with Crippen molar-refractivity contribution in [2.75, 3.05) is 0 Å². The highest BCUT2D eigenvalue weighted by molar-refractivity contribution is 6.25. The van der Waals surface area contributed by atoms with E-state index in [-0.39, 0.29) is 0 Å². The number of rotatable bonds is 4. The van der Waals surface area contributed by atoms with Gasteiger partial charge in [-0.05, 0) is 111 Å². The Kier molecular flexibility index (Phi) is 6.93. The quantitative estimate of drug-likeness (QED) is 0.133. The molecule has 0 radical (unpaired) electrons. The fourth-order valence-electron chi connectivity index (χ4n) is 8.82. The molecule has 0 fully saturated rings. The number of hydrogen-bond acceptors (Lipinski definition) is 1. The van der Waals surface area contributed by atoms with E-state index in [1.807, 2.05) is 12.3 Å². The SMILES string of the molecule is c1ccc2c(-c3c4ccccc4c(-c4cccc5ccccc45)c4cc(-c5ccc(-c6cc7ccccc7c7ncccc67)cc5)ccc34)cccc2c1. The number of hydrogen-bond donors (Lipinski definition) is 0. The van der Waals surface area contributed by atoms with Gasteiger partial charge in [0.2, 0.25) is 0 Å². The predicted molar refractivity (Wildman–Crippen MR) is 231 cm³/mol. The summed E-state index contributed by atoms with van der Waals surface area (Å²) in [5, 5.41) is 13.6. The predicted octanol–water partition coefficient (Wildman–Crippen LogP) is 14.7. The first-order valence-electron chi connectivity index (χ1n) is 18.6. The first-order valence-corrected chi connectivity index (χ1v) is 18.6. The van der Waals surface area contributed by atoms with Gasteiger partial charge in [-0.3, -0.25) is 4.98 Å². The van der Waals surface area contributed by atoms with E-state index >= 15 is 0 Å². The van der Waals surface area contributed by atoms with Crippen molar-refractivity contribution in [3.8, 4) is 44.5 Å². The Balaban J connectivity index is 1.17. The number of benzene rings is 10. The van der Waals surface area contributed by atoms with Gasteiger partial charge < -0.3 is 0 Å². The lowest BCUT2D eigenvalue weighted by Gasteiger charge is -2.20. The molecule has 0 spiro atoms. The topological polar surface area (TPSA) is 12.9 Å². The van der Waals surface area contributed by atoms with Crippen LogP contribution in [-0.2, 0) is 0 Å². The average Bonchev–Trinajstić information content (AvgIpc) is 3.25. The molecule has 0 saturated carbocycles. The van der Waals surface area contributed by atoms with Gasteiger partial charge in [0, 0.05) is 17.0 Å². The van der Waals surface area contributed by atoms with E-state index in [0.29, 0.717) is 0 Å². The van der Waals surface area contributed by atoms with E-state index in [9.17, 15) is 0 Å². The highest BCUT2D eigenvalue weighted by atomic mass is 14.6. The van der Waals surface area contributed by atoms with Gasteiger partial charge in [-0.25, -0.2) is 0 Å². The van der Waals surface area contributed by atoms with Crippen LogP contribution in [0.1, 0.15) is 0 Å². The van der Waals surface area contributed by atoms with E-state index in [1.165, 1.54) is 104 Å². The van der Waals surface area contributed by atoms with Crippen LogP contribution < -0.4 is 0 Å². The van der Waals surface area contributed by atoms with E-state index in [2.05, 4.69) is 188 Å². The van der Waals surface area contributed by atoms with Gasteiger partial charge in [0.25, 0.3) is 0 Å². The van der Waals surface area contributed by atoms with Gasteiger partial charge in [0.1, 0.15) is 0 Å². The summed E-state index contributed by atoms with van der Waals surface area (Å²) in [5.41, 5.74) is 10.9. The Bertz CT molecular complexity index is 3250. The molecule has 1 aromatic heterocycles. The van der Waals surface area contributed by atoms with E-state index in [4.69, 9.17) is 4.98 Å². The molecular formula is C53H33N. The van der Waals surface area contributed by atoms with Crippen LogP contribution in [0.25, 0.3) is 109 Å². The molecule has 0 unspecified atom stereocenters. The minimum absolute atomic E-state index is 1.04. The maximum Gasteiger partial charge on any atom is 0.0786 e. The lowest BCUT2D eigenvalue weighted by molar-refractivity contribution is 1.43. The molecule has 0 amide bonds. The molecule has 54 heavy (non-hydrogen) atoms. The summed E-state index contributed by atoms with van der Waals surface area (Å²) in [6.07, 6.45) is 1.89. The van der Waals surface area contributed by atoms with Crippen molar-refractivity contribution in [2.24, 2.45) is 0 Å². The van der Waals surface area contributed by atoms with Crippen LogP contribution in [0.5, 0.6) is 0 Å².